The summed E-state index contributed by atoms with van der Waals surface area (Å²) >= 11 is 0. The van der Waals surface area contributed by atoms with Crippen molar-refractivity contribution in [3.8, 4) is 11.5 Å². The van der Waals surface area contributed by atoms with E-state index < -0.39 is 6.10 Å². The van der Waals surface area contributed by atoms with E-state index in [0.29, 0.717) is 31.2 Å². The molecule has 0 fully saturated rings. The number of rotatable bonds is 12. The lowest BCUT2D eigenvalue weighted by Gasteiger charge is -2.25. The van der Waals surface area contributed by atoms with Crippen LogP contribution in [0.15, 0.2) is 78.9 Å². The third kappa shape index (κ3) is 7.40. The SMILES string of the molecule is COc1ccc(CN(Cc2ccccc2)C[C@H](O)COCc2ccccc2)cc1OC. The molecular formula is C26H31NO4. The quantitative estimate of drug-likeness (QED) is 0.473. The standard InChI is InChI=1S/C26H31NO4/c1-29-25-14-13-23(15-26(25)30-2)17-27(16-21-9-5-3-6-10-21)18-24(28)20-31-19-22-11-7-4-8-12-22/h3-15,24,28H,16-20H2,1-2H3/t24-/m0/s1. The fourth-order valence-electron chi connectivity index (χ4n) is 3.50. The molecule has 1 N–H and O–H groups in total. The van der Waals surface area contributed by atoms with Crippen molar-refractivity contribution in [1.29, 1.82) is 0 Å². The first kappa shape index (κ1) is 22.8. The Labute approximate surface area is 184 Å². The van der Waals surface area contributed by atoms with Crippen molar-refractivity contribution in [2.75, 3.05) is 27.4 Å². The molecule has 0 unspecified atom stereocenters. The van der Waals surface area contributed by atoms with Crippen LogP contribution in [0.25, 0.3) is 0 Å². The molecular weight excluding hydrogens is 390 g/mol. The van der Waals surface area contributed by atoms with E-state index in [9.17, 15) is 5.11 Å². The van der Waals surface area contributed by atoms with Gasteiger partial charge in [0.05, 0.1) is 33.5 Å². The fourth-order valence-corrected chi connectivity index (χ4v) is 3.50. The van der Waals surface area contributed by atoms with E-state index in [1.165, 1.54) is 5.56 Å². The van der Waals surface area contributed by atoms with Crippen molar-refractivity contribution in [1.82, 2.24) is 4.90 Å². The van der Waals surface area contributed by atoms with Crippen molar-refractivity contribution < 1.29 is 19.3 Å². The molecule has 31 heavy (non-hydrogen) atoms. The summed E-state index contributed by atoms with van der Waals surface area (Å²) < 4.78 is 16.5. The van der Waals surface area contributed by atoms with Crippen LogP contribution < -0.4 is 9.47 Å². The lowest BCUT2D eigenvalue weighted by molar-refractivity contribution is 0.00712. The first-order valence-electron chi connectivity index (χ1n) is 10.4. The van der Waals surface area contributed by atoms with Crippen molar-refractivity contribution in [2.24, 2.45) is 0 Å². The molecule has 5 nitrogen and oxygen atoms in total. The van der Waals surface area contributed by atoms with Gasteiger partial charge in [0.2, 0.25) is 0 Å². The number of hydrogen-bond donors (Lipinski definition) is 1. The van der Waals surface area contributed by atoms with Crippen LogP contribution in [0.5, 0.6) is 11.5 Å². The topological polar surface area (TPSA) is 51.2 Å². The third-order valence-corrected chi connectivity index (χ3v) is 4.99. The average Bonchev–Trinajstić information content (AvgIpc) is 2.80. The molecule has 0 bridgehead atoms. The van der Waals surface area contributed by atoms with E-state index in [2.05, 4.69) is 17.0 Å². The number of benzene rings is 3. The Morgan fingerprint density at radius 3 is 2.00 bits per heavy atom. The van der Waals surface area contributed by atoms with Crippen LogP contribution in [0.4, 0.5) is 0 Å². The van der Waals surface area contributed by atoms with Gasteiger partial charge in [0.1, 0.15) is 0 Å². The van der Waals surface area contributed by atoms with E-state index in [1.807, 2.05) is 66.7 Å². The average molecular weight is 422 g/mol. The zero-order valence-electron chi connectivity index (χ0n) is 18.2. The molecule has 3 aromatic carbocycles. The Morgan fingerprint density at radius 1 is 0.742 bits per heavy atom. The van der Waals surface area contributed by atoms with Gasteiger partial charge in [-0.25, -0.2) is 0 Å². The summed E-state index contributed by atoms with van der Waals surface area (Å²) in [5.41, 5.74) is 3.38. The van der Waals surface area contributed by atoms with E-state index in [1.54, 1.807) is 14.2 Å². The number of aliphatic hydroxyl groups is 1. The predicted molar refractivity (Wildman–Crippen MR) is 122 cm³/mol. The number of hydrogen-bond acceptors (Lipinski definition) is 5. The maximum absolute atomic E-state index is 10.6. The van der Waals surface area contributed by atoms with Crippen molar-refractivity contribution in [3.05, 3.63) is 95.6 Å². The molecule has 164 valence electrons. The molecule has 0 amide bonds. The Kier molecular flexibility index (Phi) is 8.91. The van der Waals surface area contributed by atoms with Gasteiger partial charge in [0.15, 0.2) is 11.5 Å². The van der Waals surface area contributed by atoms with Gasteiger partial charge in [-0.15, -0.1) is 0 Å². The second-order valence-electron chi connectivity index (χ2n) is 7.50. The van der Waals surface area contributed by atoms with Gasteiger partial charge in [-0.3, -0.25) is 4.90 Å². The minimum Gasteiger partial charge on any atom is -0.493 e. The minimum absolute atomic E-state index is 0.284. The Morgan fingerprint density at radius 2 is 1.35 bits per heavy atom. The summed E-state index contributed by atoms with van der Waals surface area (Å²) in [4.78, 5) is 2.22. The molecule has 0 aromatic heterocycles. The molecule has 0 aliphatic carbocycles. The molecule has 0 saturated carbocycles. The monoisotopic (exact) mass is 421 g/mol. The highest BCUT2D eigenvalue weighted by molar-refractivity contribution is 5.42. The molecule has 0 heterocycles. The molecule has 0 radical (unpaired) electrons. The first-order valence-corrected chi connectivity index (χ1v) is 10.4. The van der Waals surface area contributed by atoms with Gasteiger partial charge in [0, 0.05) is 19.6 Å². The second-order valence-corrected chi connectivity index (χ2v) is 7.50. The van der Waals surface area contributed by atoms with Crippen LogP contribution in [-0.4, -0.2) is 43.5 Å². The molecule has 3 rings (SSSR count). The fraction of sp³-hybridized carbons (Fsp3) is 0.308. The summed E-state index contributed by atoms with van der Waals surface area (Å²) in [5, 5.41) is 10.6. The zero-order chi connectivity index (χ0) is 21.9. The lowest BCUT2D eigenvalue weighted by atomic mass is 10.1. The van der Waals surface area contributed by atoms with E-state index in [0.717, 1.165) is 17.7 Å². The van der Waals surface area contributed by atoms with Gasteiger partial charge in [-0.1, -0.05) is 66.7 Å². The smallest absolute Gasteiger partial charge is 0.161 e. The van der Waals surface area contributed by atoms with Crippen molar-refractivity contribution >= 4 is 0 Å². The summed E-state index contributed by atoms with van der Waals surface area (Å²) in [6, 6.07) is 26.2. The van der Waals surface area contributed by atoms with E-state index in [-0.39, 0.29) is 6.61 Å². The third-order valence-electron chi connectivity index (χ3n) is 4.99. The van der Waals surface area contributed by atoms with Crippen molar-refractivity contribution in [3.63, 3.8) is 0 Å². The highest BCUT2D eigenvalue weighted by Crippen LogP contribution is 2.28. The minimum atomic E-state index is -0.590. The Bertz CT molecular complexity index is 902. The summed E-state index contributed by atoms with van der Waals surface area (Å²) in [5.74, 6) is 1.40. The van der Waals surface area contributed by atoms with E-state index in [4.69, 9.17) is 14.2 Å². The van der Waals surface area contributed by atoms with Crippen LogP contribution in [0.2, 0.25) is 0 Å². The molecule has 3 aromatic rings. The van der Waals surface area contributed by atoms with Gasteiger partial charge in [-0.05, 0) is 28.8 Å². The normalized spacial score (nSPS) is 12.0. The number of nitrogens with zero attached hydrogens (tertiary/aromatic N) is 1. The van der Waals surface area contributed by atoms with Gasteiger partial charge in [-0.2, -0.15) is 0 Å². The molecule has 1 atom stereocenters. The van der Waals surface area contributed by atoms with Crippen LogP contribution in [0.1, 0.15) is 16.7 Å². The van der Waals surface area contributed by atoms with Crippen molar-refractivity contribution in [2.45, 2.75) is 25.8 Å². The summed E-state index contributed by atoms with van der Waals surface area (Å²) in [7, 11) is 3.27. The summed E-state index contributed by atoms with van der Waals surface area (Å²) in [6.07, 6.45) is -0.590. The Hall–Kier alpha value is -2.86. The summed E-state index contributed by atoms with van der Waals surface area (Å²) in [6.45, 7) is 2.67. The first-order chi connectivity index (χ1) is 15.2. The van der Waals surface area contributed by atoms with Crippen LogP contribution in [0, 0.1) is 0 Å². The molecule has 0 spiro atoms. The van der Waals surface area contributed by atoms with Crippen LogP contribution in [0.3, 0.4) is 0 Å². The number of methoxy groups -OCH3 is 2. The largest absolute Gasteiger partial charge is 0.493 e. The maximum atomic E-state index is 10.6. The molecule has 5 heteroatoms. The number of ether oxygens (including phenoxy) is 3. The highest BCUT2D eigenvalue weighted by Gasteiger charge is 2.15. The van der Waals surface area contributed by atoms with Gasteiger partial charge >= 0.3 is 0 Å². The predicted octanol–water partition coefficient (Wildman–Crippen LogP) is 4.28. The second kappa shape index (κ2) is 12.1. The lowest BCUT2D eigenvalue weighted by Crippen LogP contribution is -2.34. The Balaban J connectivity index is 1.63. The zero-order valence-corrected chi connectivity index (χ0v) is 18.2. The van der Waals surface area contributed by atoms with Gasteiger partial charge in [0.25, 0.3) is 0 Å². The highest BCUT2D eigenvalue weighted by atomic mass is 16.5. The maximum Gasteiger partial charge on any atom is 0.161 e. The number of aliphatic hydroxyl groups excluding tert-OH is 1. The molecule has 0 aliphatic rings. The van der Waals surface area contributed by atoms with Crippen LogP contribution >= 0.6 is 0 Å². The molecule has 0 aliphatic heterocycles. The van der Waals surface area contributed by atoms with Gasteiger partial charge < -0.3 is 19.3 Å². The molecule has 0 saturated heterocycles. The van der Waals surface area contributed by atoms with E-state index >= 15 is 0 Å². The van der Waals surface area contributed by atoms with Crippen LogP contribution in [-0.2, 0) is 24.4 Å².